The van der Waals surface area contributed by atoms with Gasteiger partial charge in [-0.2, -0.15) is 0 Å². The Labute approximate surface area is 89.4 Å². The zero-order valence-electron chi connectivity index (χ0n) is 8.40. The largest absolute Gasteiger partial charge is 0.309 e. The average Bonchev–Trinajstić information content (AvgIpc) is 2.54. The smallest absolute Gasteiger partial charge is 0.0432 e. The minimum atomic E-state index is 0.542. The highest BCUT2D eigenvalue weighted by Gasteiger charge is 2.37. The molecule has 2 aliphatic rings. The van der Waals surface area contributed by atoms with E-state index in [1.165, 1.54) is 17.6 Å². The molecule has 0 amide bonds. The van der Waals surface area contributed by atoms with Crippen molar-refractivity contribution in [2.45, 2.75) is 12.5 Å². The molecule has 0 saturated carbocycles. The average molecular weight is 196 g/mol. The van der Waals surface area contributed by atoms with Crippen LogP contribution in [0.3, 0.4) is 0 Å². The van der Waals surface area contributed by atoms with Gasteiger partial charge in [0.15, 0.2) is 0 Å². The highest BCUT2D eigenvalue weighted by molar-refractivity contribution is 5.73. The van der Waals surface area contributed by atoms with Crippen LogP contribution in [-0.4, -0.2) is 17.6 Å². The lowest BCUT2D eigenvalue weighted by atomic mass is 9.89. The fourth-order valence-electron chi connectivity index (χ4n) is 2.37. The molecule has 1 aliphatic heterocycles. The Morgan fingerprint density at radius 2 is 2.40 bits per heavy atom. The van der Waals surface area contributed by atoms with E-state index in [0.717, 1.165) is 18.0 Å². The molecule has 0 radical (unpaired) electrons. The lowest BCUT2D eigenvalue weighted by Crippen LogP contribution is -2.50. The van der Waals surface area contributed by atoms with Crippen LogP contribution in [0.2, 0.25) is 0 Å². The van der Waals surface area contributed by atoms with Crippen LogP contribution in [-0.2, 0) is 0 Å². The molecule has 1 aliphatic carbocycles. The summed E-state index contributed by atoms with van der Waals surface area (Å²) in [4.78, 5) is 4.17. The number of terminal acetylenes is 1. The Morgan fingerprint density at radius 3 is 3.07 bits per heavy atom. The first-order valence-corrected chi connectivity index (χ1v) is 5.24. The van der Waals surface area contributed by atoms with Gasteiger partial charge in [0.05, 0.1) is 0 Å². The molecule has 1 aromatic heterocycles. The third-order valence-corrected chi connectivity index (χ3v) is 3.29. The van der Waals surface area contributed by atoms with Gasteiger partial charge in [0, 0.05) is 30.5 Å². The van der Waals surface area contributed by atoms with Crippen LogP contribution in [0.4, 0.5) is 0 Å². The summed E-state index contributed by atoms with van der Waals surface area (Å²) < 4.78 is 0. The van der Waals surface area contributed by atoms with Gasteiger partial charge in [0.1, 0.15) is 0 Å². The minimum absolute atomic E-state index is 0.542. The maximum atomic E-state index is 5.37. The molecular formula is C13H12N2. The number of aromatic nitrogens is 1. The van der Waals surface area contributed by atoms with Crippen LogP contribution in [0.15, 0.2) is 24.5 Å². The first-order chi connectivity index (χ1) is 7.38. The molecule has 2 nitrogen and oxygen atoms in total. The second-order valence-electron chi connectivity index (χ2n) is 4.15. The summed E-state index contributed by atoms with van der Waals surface area (Å²) >= 11 is 0. The second kappa shape index (κ2) is 3.22. The Bertz CT molecular complexity index is 468. The van der Waals surface area contributed by atoms with Crippen molar-refractivity contribution >= 4 is 5.57 Å². The molecule has 1 fully saturated rings. The molecule has 1 N–H and O–H groups in total. The monoisotopic (exact) mass is 196 g/mol. The van der Waals surface area contributed by atoms with Gasteiger partial charge < -0.3 is 5.32 Å². The number of hydrogen-bond donors (Lipinski definition) is 1. The van der Waals surface area contributed by atoms with Gasteiger partial charge in [-0.25, -0.2) is 0 Å². The standard InChI is InChI=1S/C13H12N2/c1-2-9-5-11(7-14-6-9)12-4-3-10-8-15-13(10)12/h1,4-7,10,13,15H,3,8H2/t10-,13+/m1/s1. The van der Waals surface area contributed by atoms with E-state index in [-0.39, 0.29) is 0 Å². The minimum Gasteiger partial charge on any atom is -0.309 e. The van der Waals surface area contributed by atoms with Crippen LogP contribution in [0, 0.1) is 18.3 Å². The predicted molar refractivity (Wildman–Crippen MR) is 60.0 cm³/mol. The van der Waals surface area contributed by atoms with E-state index in [1.807, 2.05) is 12.3 Å². The second-order valence-corrected chi connectivity index (χ2v) is 4.15. The molecule has 0 unspecified atom stereocenters. The van der Waals surface area contributed by atoms with E-state index in [9.17, 15) is 0 Å². The summed E-state index contributed by atoms with van der Waals surface area (Å²) in [6.07, 6.45) is 12.5. The summed E-state index contributed by atoms with van der Waals surface area (Å²) in [6, 6.07) is 2.58. The molecule has 2 atom stereocenters. The number of fused-ring (bicyclic) bond motifs is 1. The molecule has 0 bridgehead atoms. The first-order valence-electron chi connectivity index (χ1n) is 5.24. The van der Waals surface area contributed by atoms with E-state index in [2.05, 4.69) is 22.3 Å². The third-order valence-electron chi connectivity index (χ3n) is 3.29. The number of allylic oxidation sites excluding steroid dienone is 1. The Kier molecular flexibility index (Phi) is 1.87. The van der Waals surface area contributed by atoms with Crippen LogP contribution in [0.25, 0.3) is 5.57 Å². The SMILES string of the molecule is C#Cc1cncc(C2=CC[C@@H]3CN[C@H]23)c1. The highest BCUT2D eigenvalue weighted by atomic mass is 15.0. The van der Waals surface area contributed by atoms with Crippen LogP contribution in [0.5, 0.6) is 0 Å². The van der Waals surface area contributed by atoms with Gasteiger partial charge in [0.2, 0.25) is 0 Å². The molecule has 15 heavy (non-hydrogen) atoms. The molecule has 1 aromatic rings. The van der Waals surface area contributed by atoms with Gasteiger partial charge in [-0.3, -0.25) is 4.98 Å². The molecule has 2 heteroatoms. The number of pyridine rings is 1. The number of nitrogens with zero attached hydrogens (tertiary/aromatic N) is 1. The van der Waals surface area contributed by atoms with Gasteiger partial charge in [-0.1, -0.05) is 12.0 Å². The van der Waals surface area contributed by atoms with E-state index in [0.29, 0.717) is 6.04 Å². The van der Waals surface area contributed by atoms with Crippen molar-refractivity contribution in [2.75, 3.05) is 6.54 Å². The summed E-state index contributed by atoms with van der Waals surface area (Å²) in [5, 5.41) is 3.45. The van der Waals surface area contributed by atoms with Crippen molar-refractivity contribution in [3.05, 3.63) is 35.7 Å². The van der Waals surface area contributed by atoms with Gasteiger partial charge in [0.25, 0.3) is 0 Å². The lowest BCUT2D eigenvalue weighted by molar-refractivity contribution is 0.307. The number of hydrogen-bond acceptors (Lipinski definition) is 2. The van der Waals surface area contributed by atoms with Crippen LogP contribution < -0.4 is 5.32 Å². The molecule has 0 spiro atoms. The number of rotatable bonds is 1. The predicted octanol–water partition coefficient (Wildman–Crippen LogP) is 1.44. The summed E-state index contributed by atoms with van der Waals surface area (Å²) in [5.74, 6) is 3.43. The van der Waals surface area contributed by atoms with Gasteiger partial charge in [-0.15, -0.1) is 6.42 Å². The van der Waals surface area contributed by atoms with Crippen molar-refractivity contribution in [1.82, 2.24) is 10.3 Å². The summed E-state index contributed by atoms with van der Waals surface area (Å²) in [7, 11) is 0. The molecule has 0 aromatic carbocycles. The molecule has 74 valence electrons. The normalized spacial score (nSPS) is 27.5. The van der Waals surface area contributed by atoms with E-state index >= 15 is 0 Å². The third kappa shape index (κ3) is 1.28. The quantitative estimate of drug-likeness (QED) is 0.687. The van der Waals surface area contributed by atoms with Crippen molar-refractivity contribution in [1.29, 1.82) is 0 Å². The zero-order valence-corrected chi connectivity index (χ0v) is 8.40. The lowest BCUT2D eigenvalue weighted by Gasteiger charge is -2.34. The van der Waals surface area contributed by atoms with Crippen molar-refractivity contribution < 1.29 is 0 Å². The van der Waals surface area contributed by atoms with Crippen molar-refractivity contribution in [3.63, 3.8) is 0 Å². The van der Waals surface area contributed by atoms with Crippen LogP contribution >= 0.6 is 0 Å². The number of nitrogens with one attached hydrogen (secondary N) is 1. The highest BCUT2D eigenvalue weighted by Crippen LogP contribution is 2.37. The van der Waals surface area contributed by atoms with E-state index < -0.39 is 0 Å². The first kappa shape index (κ1) is 8.70. The molecular weight excluding hydrogens is 184 g/mol. The fraction of sp³-hybridized carbons (Fsp3) is 0.308. The summed E-state index contributed by atoms with van der Waals surface area (Å²) in [5.41, 5.74) is 3.40. The Hall–Kier alpha value is -1.59. The Morgan fingerprint density at radius 1 is 1.47 bits per heavy atom. The van der Waals surface area contributed by atoms with Crippen LogP contribution in [0.1, 0.15) is 17.5 Å². The van der Waals surface area contributed by atoms with E-state index in [4.69, 9.17) is 6.42 Å². The Balaban J connectivity index is 1.96. The maximum Gasteiger partial charge on any atom is 0.0432 e. The zero-order chi connectivity index (χ0) is 10.3. The summed E-state index contributed by atoms with van der Waals surface area (Å²) in [6.45, 7) is 1.15. The van der Waals surface area contributed by atoms with E-state index in [1.54, 1.807) is 6.20 Å². The van der Waals surface area contributed by atoms with Gasteiger partial charge in [-0.05, 0) is 29.5 Å². The molecule has 1 saturated heterocycles. The topological polar surface area (TPSA) is 24.9 Å². The fourth-order valence-corrected chi connectivity index (χ4v) is 2.37. The molecule has 3 rings (SSSR count). The van der Waals surface area contributed by atoms with Gasteiger partial charge >= 0.3 is 0 Å². The van der Waals surface area contributed by atoms with Crippen molar-refractivity contribution in [3.8, 4) is 12.3 Å². The van der Waals surface area contributed by atoms with Crippen molar-refractivity contribution in [2.24, 2.45) is 5.92 Å². The molecule has 2 heterocycles. The maximum absolute atomic E-state index is 5.37.